The van der Waals surface area contributed by atoms with Crippen molar-refractivity contribution in [2.45, 2.75) is 139 Å². The van der Waals surface area contributed by atoms with Crippen molar-refractivity contribution in [3.8, 4) is 34.5 Å². The van der Waals surface area contributed by atoms with Crippen molar-refractivity contribution in [3.05, 3.63) is 96.1 Å². The third kappa shape index (κ3) is 18.3. The predicted molar refractivity (Wildman–Crippen MR) is 223 cm³/mol. The summed E-state index contributed by atoms with van der Waals surface area (Å²) >= 11 is 0. The van der Waals surface area contributed by atoms with E-state index in [1.807, 2.05) is 30.3 Å². The summed E-state index contributed by atoms with van der Waals surface area (Å²) < 4.78 is 77.0. The Morgan fingerprint density at radius 2 is 0.877 bits per heavy atom. The van der Waals surface area contributed by atoms with Gasteiger partial charge in [0.15, 0.2) is 11.5 Å². The Morgan fingerprint density at radius 1 is 0.509 bits per heavy atom. The van der Waals surface area contributed by atoms with Gasteiger partial charge in [0.2, 0.25) is 0 Å². The third-order valence-corrected chi connectivity index (χ3v) is 11.2. The van der Waals surface area contributed by atoms with E-state index in [1.54, 1.807) is 18.2 Å². The molecule has 308 valence electrons. The van der Waals surface area contributed by atoms with Crippen molar-refractivity contribution >= 4 is 58.0 Å². The molecule has 0 heterocycles. The topological polar surface area (TPSA) is 173 Å². The normalized spacial score (nSPS) is 11.3. The number of phenolic OH excluding ortho intramolecular Hbond substituents is 1. The number of unbranched alkanes of at least 4 members (excludes halogenated alkanes) is 14. The number of para-hydroxylation sites is 4. The van der Waals surface area contributed by atoms with Crippen molar-refractivity contribution in [2.75, 3.05) is 0 Å². The van der Waals surface area contributed by atoms with E-state index in [2.05, 4.69) is 13.8 Å². The number of hydrogen-bond donors (Lipinski definition) is 2. The molecule has 0 saturated carbocycles. The van der Waals surface area contributed by atoms with Crippen LogP contribution in [-0.4, -0.2) is 68.8 Å². The maximum Gasteiger partial charge on any atom is 2.00 e. The van der Waals surface area contributed by atoms with Gasteiger partial charge in [-0.05, 0) is 79.0 Å². The summed E-state index contributed by atoms with van der Waals surface area (Å²) in [6.45, 7) is 4.43. The van der Waals surface area contributed by atoms with Crippen LogP contribution in [-0.2, 0) is 33.1 Å². The first kappa shape index (κ1) is 50.3. The molecule has 0 unspecified atom stereocenters. The molecule has 0 aromatic heterocycles. The van der Waals surface area contributed by atoms with Gasteiger partial charge in [-0.25, -0.2) is 8.42 Å². The Bertz CT molecular complexity index is 1840. The summed E-state index contributed by atoms with van der Waals surface area (Å²) in [7, 11) is -9.35. The standard InChI is InChI=1S/2C22H30O5S.Ca/c2*1-2-3-4-5-6-7-8-9-13-18-14-10-11-15-19(18)27-20-16-12-17-21(22(20)23)28(24,25)26;/h2*10-12,14-17,23H,2-9,13H2,1H3,(H,24,25,26);/q;;+2/p-2. The summed E-state index contributed by atoms with van der Waals surface area (Å²) in [5.74, 6) is -0.554. The molecule has 2 N–H and O–H groups in total. The van der Waals surface area contributed by atoms with Gasteiger partial charge >= 0.3 is 37.7 Å². The molecule has 0 atom stereocenters. The fraction of sp³-hybridized carbons (Fsp3) is 0.455. The molecule has 4 rings (SSSR count). The van der Waals surface area contributed by atoms with E-state index in [4.69, 9.17) is 9.47 Å². The summed E-state index contributed by atoms with van der Waals surface area (Å²) in [4.78, 5) is -1.35. The summed E-state index contributed by atoms with van der Waals surface area (Å²) in [6.07, 6.45) is 21.4. The molecule has 0 aliphatic heterocycles. The van der Waals surface area contributed by atoms with Crippen LogP contribution in [0, 0.1) is 0 Å². The van der Waals surface area contributed by atoms with Crippen LogP contribution in [0.5, 0.6) is 34.5 Å². The van der Waals surface area contributed by atoms with Gasteiger partial charge < -0.3 is 24.2 Å². The number of hydrogen-bond acceptors (Lipinski definition) is 9. The minimum Gasteiger partial charge on any atom is -0.869 e. The van der Waals surface area contributed by atoms with Crippen LogP contribution in [0.2, 0.25) is 0 Å². The van der Waals surface area contributed by atoms with E-state index in [1.165, 1.54) is 101 Å². The molecule has 0 aliphatic rings. The number of ether oxygens (including phenoxy) is 2. The van der Waals surface area contributed by atoms with E-state index >= 15 is 0 Å². The number of rotatable bonds is 24. The van der Waals surface area contributed by atoms with Gasteiger partial charge in [-0.2, -0.15) is 8.42 Å². The van der Waals surface area contributed by atoms with E-state index in [-0.39, 0.29) is 49.2 Å². The van der Waals surface area contributed by atoms with Crippen LogP contribution in [0.25, 0.3) is 0 Å². The van der Waals surface area contributed by atoms with Crippen LogP contribution in [0.1, 0.15) is 128 Å². The van der Waals surface area contributed by atoms with E-state index < -0.39 is 41.5 Å². The summed E-state index contributed by atoms with van der Waals surface area (Å²) in [6, 6.07) is 22.6. The van der Waals surface area contributed by atoms with Gasteiger partial charge in [0.1, 0.15) is 32.3 Å². The minimum absolute atomic E-state index is 0. The fourth-order valence-corrected chi connectivity index (χ4v) is 7.49. The van der Waals surface area contributed by atoms with Gasteiger partial charge in [0.25, 0.3) is 10.1 Å². The van der Waals surface area contributed by atoms with E-state index in [9.17, 15) is 36.2 Å². The average Bonchev–Trinajstić information content (AvgIpc) is 3.16. The van der Waals surface area contributed by atoms with E-state index in [0.717, 1.165) is 61.8 Å². The second-order valence-corrected chi connectivity index (χ2v) is 16.7. The van der Waals surface area contributed by atoms with Crippen LogP contribution in [0.3, 0.4) is 0 Å². The monoisotopic (exact) mass is 850 g/mol. The van der Waals surface area contributed by atoms with Gasteiger partial charge in [0, 0.05) is 0 Å². The Labute approximate surface area is 370 Å². The minimum atomic E-state index is -4.83. The number of benzene rings is 4. The molecule has 0 aliphatic carbocycles. The fourth-order valence-electron chi connectivity index (χ4n) is 6.32. The Kier molecular flexibility index (Phi) is 23.8. The zero-order valence-electron chi connectivity index (χ0n) is 33.5. The maximum atomic E-state index is 12.2. The average molecular weight is 851 g/mol. The first-order valence-electron chi connectivity index (χ1n) is 19.9. The molecule has 0 radical (unpaired) electrons. The van der Waals surface area contributed by atoms with E-state index in [0.29, 0.717) is 11.5 Å². The largest absolute Gasteiger partial charge is 2.00 e. The molecular weight excluding hydrogens is 793 g/mol. The van der Waals surface area contributed by atoms with Gasteiger partial charge in [-0.3, -0.25) is 4.55 Å². The zero-order chi connectivity index (χ0) is 40.8. The van der Waals surface area contributed by atoms with Crippen LogP contribution in [0.15, 0.2) is 94.7 Å². The molecule has 0 spiro atoms. The molecular formula is C44H58CaO10S2. The van der Waals surface area contributed by atoms with Crippen molar-refractivity contribution in [1.82, 2.24) is 0 Å². The quantitative estimate of drug-likeness (QED) is 0.0392. The molecule has 4 aromatic rings. The predicted octanol–water partition coefficient (Wildman–Crippen LogP) is 10.9. The Balaban J connectivity index is 0.000000387. The second-order valence-electron chi connectivity index (χ2n) is 14.0. The molecule has 13 heteroatoms. The molecule has 0 amide bonds. The number of aryl methyl sites for hydroxylation is 2. The van der Waals surface area contributed by atoms with Crippen molar-refractivity contribution < 1.29 is 45.6 Å². The van der Waals surface area contributed by atoms with Gasteiger partial charge in [0.05, 0.1) is 4.90 Å². The van der Waals surface area contributed by atoms with Crippen LogP contribution < -0.4 is 14.6 Å². The molecule has 57 heavy (non-hydrogen) atoms. The zero-order valence-corrected chi connectivity index (χ0v) is 37.3. The van der Waals surface area contributed by atoms with Crippen LogP contribution >= 0.6 is 0 Å². The maximum absolute atomic E-state index is 12.2. The number of aromatic hydroxyl groups is 1. The van der Waals surface area contributed by atoms with Crippen molar-refractivity contribution in [2.24, 2.45) is 0 Å². The SMILES string of the molecule is CCCCCCCCCCc1ccccc1Oc1cccc(S(=O)(=O)O)c1O.CCCCCCCCCCc1ccccc1Oc1cccc(S(=O)(=O)[O-])c1[O-].[Ca+2]. The molecule has 0 fully saturated rings. The van der Waals surface area contributed by atoms with Gasteiger partial charge in [-0.15, -0.1) is 0 Å². The molecule has 0 bridgehead atoms. The Morgan fingerprint density at radius 3 is 1.32 bits per heavy atom. The molecule has 10 nitrogen and oxygen atoms in total. The smallest absolute Gasteiger partial charge is 0.869 e. The summed E-state index contributed by atoms with van der Waals surface area (Å²) in [5.41, 5.74) is 1.97. The Hall–Kier alpha value is -2.84. The van der Waals surface area contributed by atoms with Crippen molar-refractivity contribution in [3.63, 3.8) is 0 Å². The first-order chi connectivity index (χ1) is 26.9. The number of phenols is 1. The molecule has 0 saturated heterocycles. The summed E-state index contributed by atoms with van der Waals surface area (Å²) in [5, 5.41) is 22.4. The van der Waals surface area contributed by atoms with Crippen LogP contribution in [0.4, 0.5) is 0 Å². The van der Waals surface area contributed by atoms with Gasteiger partial charge in [-0.1, -0.05) is 152 Å². The third-order valence-electron chi connectivity index (χ3n) is 9.44. The van der Waals surface area contributed by atoms with Crippen molar-refractivity contribution in [1.29, 1.82) is 0 Å². The second kappa shape index (κ2) is 27.0. The first-order valence-corrected chi connectivity index (χ1v) is 22.8. The molecule has 4 aromatic carbocycles.